The largest absolute Gasteiger partial charge is 0.465 e. The van der Waals surface area contributed by atoms with Gasteiger partial charge in [0.2, 0.25) is 0 Å². The van der Waals surface area contributed by atoms with E-state index >= 15 is 0 Å². The molecule has 0 spiro atoms. The zero-order valence-corrected chi connectivity index (χ0v) is 10.8. The van der Waals surface area contributed by atoms with Gasteiger partial charge in [-0.1, -0.05) is 0 Å². The van der Waals surface area contributed by atoms with Gasteiger partial charge in [-0.3, -0.25) is 0 Å². The number of halogens is 4. The molecule has 0 aliphatic rings. The third-order valence-corrected chi connectivity index (χ3v) is 3.42. The quantitative estimate of drug-likeness (QED) is 0.626. The first-order valence-electron chi connectivity index (χ1n) is 5.24. The number of ether oxygens (including phenoxy) is 1. The summed E-state index contributed by atoms with van der Waals surface area (Å²) in [5.74, 6) is -1.68. The summed E-state index contributed by atoms with van der Waals surface area (Å²) in [5, 5.41) is -0.0299. The second kappa shape index (κ2) is 5.20. The van der Waals surface area contributed by atoms with Gasteiger partial charge in [0.15, 0.2) is 0 Å². The minimum Gasteiger partial charge on any atom is -0.465 e. The zero-order chi connectivity index (χ0) is 14.9. The molecule has 20 heavy (non-hydrogen) atoms. The first-order chi connectivity index (χ1) is 9.32. The van der Waals surface area contributed by atoms with Crippen LogP contribution in [0.5, 0.6) is 0 Å². The van der Waals surface area contributed by atoms with E-state index in [1.54, 1.807) is 0 Å². The van der Waals surface area contributed by atoms with Crippen LogP contribution in [0.3, 0.4) is 0 Å². The van der Waals surface area contributed by atoms with Gasteiger partial charge in [-0.15, -0.1) is 11.3 Å². The first-order valence-corrected chi connectivity index (χ1v) is 6.06. The highest BCUT2D eigenvalue weighted by Crippen LogP contribution is 2.38. The highest BCUT2D eigenvalue weighted by Gasteiger charge is 2.35. The second-order valence-electron chi connectivity index (χ2n) is 3.71. The highest BCUT2D eigenvalue weighted by molar-refractivity contribution is 7.16. The van der Waals surface area contributed by atoms with Crippen molar-refractivity contribution in [3.63, 3.8) is 0 Å². The van der Waals surface area contributed by atoms with Crippen LogP contribution in [-0.4, -0.2) is 18.1 Å². The molecule has 0 radical (unpaired) electrons. The summed E-state index contributed by atoms with van der Waals surface area (Å²) in [4.78, 5) is 15.1. The molecule has 0 saturated heterocycles. The van der Waals surface area contributed by atoms with Gasteiger partial charge in [0, 0.05) is 5.56 Å². The van der Waals surface area contributed by atoms with E-state index in [2.05, 4.69) is 9.72 Å². The molecule has 106 valence electrons. The number of hydrogen-bond donors (Lipinski definition) is 0. The molecule has 0 atom stereocenters. The number of esters is 1. The number of carbonyl (C=O) groups is 1. The van der Waals surface area contributed by atoms with E-state index in [0.29, 0.717) is 6.07 Å². The van der Waals surface area contributed by atoms with E-state index in [-0.39, 0.29) is 15.4 Å². The van der Waals surface area contributed by atoms with Crippen molar-refractivity contribution in [2.75, 3.05) is 7.11 Å². The molecule has 1 aromatic heterocycles. The summed E-state index contributed by atoms with van der Waals surface area (Å²) in [6.45, 7) is 0. The number of hydrogen-bond acceptors (Lipinski definition) is 4. The molecule has 0 aliphatic carbocycles. The van der Waals surface area contributed by atoms with Gasteiger partial charge < -0.3 is 4.74 Å². The van der Waals surface area contributed by atoms with Gasteiger partial charge >= 0.3 is 12.1 Å². The zero-order valence-electron chi connectivity index (χ0n) is 9.99. The van der Waals surface area contributed by atoms with E-state index < -0.39 is 23.5 Å². The van der Waals surface area contributed by atoms with Crippen LogP contribution in [0.25, 0.3) is 10.6 Å². The fourth-order valence-corrected chi connectivity index (χ4v) is 2.40. The lowest BCUT2D eigenvalue weighted by Gasteiger charge is -2.10. The molecule has 0 aliphatic heterocycles. The maximum Gasteiger partial charge on any atom is 0.417 e. The molecule has 2 rings (SSSR count). The smallest absolute Gasteiger partial charge is 0.417 e. The number of methoxy groups -OCH3 is 1. The Bertz CT molecular complexity index is 651. The van der Waals surface area contributed by atoms with Crippen molar-refractivity contribution < 1.29 is 27.1 Å². The number of thiazole rings is 1. The molecule has 0 amide bonds. The minimum absolute atomic E-state index is 0.0299. The molecule has 0 fully saturated rings. The molecule has 0 N–H and O–H groups in total. The van der Waals surface area contributed by atoms with Crippen molar-refractivity contribution >= 4 is 17.3 Å². The molecule has 1 heterocycles. The lowest BCUT2D eigenvalue weighted by atomic mass is 10.1. The van der Waals surface area contributed by atoms with Gasteiger partial charge in [-0.2, -0.15) is 13.2 Å². The summed E-state index contributed by atoms with van der Waals surface area (Å²) < 4.78 is 56.0. The van der Waals surface area contributed by atoms with Crippen LogP contribution < -0.4 is 0 Å². The molecule has 8 heteroatoms. The van der Waals surface area contributed by atoms with E-state index in [4.69, 9.17) is 0 Å². The van der Waals surface area contributed by atoms with E-state index in [9.17, 15) is 22.4 Å². The Balaban J connectivity index is 2.53. The van der Waals surface area contributed by atoms with Gasteiger partial charge in [-0.25, -0.2) is 14.2 Å². The number of alkyl halides is 3. The Morgan fingerprint density at radius 1 is 1.35 bits per heavy atom. The highest BCUT2D eigenvalue weighted by atomic mass is 32.1. The van der Waals surface area contributed by atoms with Crippen LogP contribution in [-0.2, 0) is 10.9 Å². The fourth-order valence-electron chi connectivity index (χ4n) is 1.53. The summed E-state index contributed by atoms with van der Waals surface area (Å²) in [6, 6.07) is 2.29. The molecule has 0 bridgehead atoms. The van der Waals surface area contributed by atoms with Gasteiger partial charge in [-0.05, 0) is 18.2 Å². The Morgan fingerprint density at radius 3 is 2.65 bits per heavy atom. The van der Waals surface area contributed by atoms with Crippen LogP contribution in [0.1, 0.15) is 15.2 Å². The molecule has 0 unspecified atom stereocenters. The van der Waals surface area contributed by atoms with Crippen LogP contribution in [0, 0.1) is 5.82 Å². The van der Waals surface area contributed by atoms with Crippen LogP contribution in [0.2, 0.25) is 0 Å². The molecule has 0 saturated carbocycles. The summed E-state index contributed by atoms with van der Waals surface area (Å²) in [6.07, 6.45) is -3.59. The monoisotopic (exact) mass is 305 g/mol. The molecule has 2 aromatic rings. The van der Waals surface area contributed by atoms with Gasteiger partial charge in [0.05, 0.1) is 18.9 Å². The Morgan fingerprint density at radius 2 is 2.05 bits per heavy atom. The molecule has 3 nitrogen and oxygen atoms in total. The number of nitrogens with zero attached hydrogens (tertiary/aromatic N) is 1. The van der Waals surface area contributed by atoms with Crippen molar-refractivity contribution in [3.8, 4) is 10.6 Å². The molecule has 1 aromatic carbocycles. The lowest BCUT2D eigenvalue weighted by Crippen LogP contribution is -2.07. The topological polar surface area (TPSA) is 39.2 Å². The van der Waals surface area contributed by atoms with E-state index in [1.807, 2.05) is 0 Å². The standard InChI is InChI=1S/C12H7F4NO2S/c1-19-11(18)9-5-17-10(20-9)7-3-2-6(13)4-8(7)12(14,15)16/h2-5H,1H3. The van der Waals surface area contributed by atoms with Gasteiger partial charge in [0.1, 0.15) is 15.7 Å². The van der Waals surface area contributed by atoms with Crippen LogP contribution >= 0.6 is 11.3 Å². The average Bonchev–Trinajstić information content (AvgIpc) is 2.86. The normalized spacial score (nSPS) is 11.4. The van der Waals surface area contributed by atoms with Crippen molar-refractivity contribution in [2.24, 2.45) is 0 Å². The fraction of sp³-hybridized carbons (Fsp3) is 0.167. The van der Waals surface area contributed by atoms with E-state index in [0.717, 1.165) is 36.8 Å². The first kappa shape index (κ1) is 14.4. The molecular weight excluding hydrogens is 298 g/mol. The molecular formula is C12H7F4NO2S. The van der Waals surface area contributed by atoms with E-state index in [1.165, 1.54) is 0 Å². The Hall–Kier alpha value is -1.96. The summed E-state index contributed by atoms with van der Waals surface area (Å²) in [5.41, 5.74) is -1.41. The van der Waals surface area contributed by atoms with Crippen molar-refractivity contribution in [3.05, 3.63) is 40.7 Å². The lowest BCUT2D eigenvalue weighted by molar-refractivity contribution is -0.137. The predicted molar refractivity (Wildman–Crippen MR) is 63.8 cm³/mol. The number of benzene rings is 1. The maximum atomic E-state index is 13.0. The van der Waals surface area contributed by atoms with Crippen LogP contribution in [0.15, 0.2) is 24.4 Å². The Kier molecular flexibility index (Phi) is 3.76. The van der Waals surface area contributed by atoms with Crippen LogP contribution in [0.4, 0.5) is 17.6 Å². The van der Waals surface area contributed by atoms with Crippen molar-refractivity contribution in [1.82, 2.24) is 4.98 Å². The summed E-state index contributed by atoms with van der Waals surface area (Å²) >= 11 is 0.747. The van der Waals surface area contributed by atoms with Crippen molar-refractivity contribution in [1.29, 1.82) is 0 Å². The average molecular weight is 305 g/mol. The third kappa shape index (κ3) is 2.79. The number of rotatable bonds is 2. The van der Waals surface area contributed by atoms with Gasteiger partial charge in [0.25, 0.3) is 0 Å². The third-order valence-electron chi connectivity index (χ3n) is 2.41. The SMILES string of the molecule is COC(=O)c1cnc(-c2ccc(F)cc2C(F)(F)F)s1. The minimum atomic E-state index is -4.71. The predicted octanol–water partition coefficient (Wildman–Crippen LogP) is 3.75. The summed E-state index contributed by atoms with van der Waals surface area (Å²) in [7, 11) is 1.15. The number of aromatic nitrogens is 1. The van der Waals surface area contributed by atoms with Crippen molar-refractivity contribution in [2.45, 2.75) is 6.18 Å². The number of carbonyl (C=O) groups excluding carboxylic acids is 1. The second-order valence-corrected chi connectivity index (χ2v) is 4.74. The maximum absolute atomic E-state index is 13.0. The Labute approximate surface area is 114 Å².